The number of hydrogen-bond donors (Lipinski definition) is 1. The zero-order valence-electron chi connectivity index (χ0n) is 11.9. The van der Waals surface area contributed by atoms with Gasteiger partial charge in [-0.25, -0.2) is 0 Å². The van der Waals surface area contributed by atoms with Crippen molar-refractivity contribution >= 4 is 29.1 Å². The highest BCUT2D eigenvalue weighted by Gasteiger charge is 2.36. The first-order valence-electron chi connectivity index (χ1n) is 6.81. The highest BCUT2D eigenvalue weighted by atomic mass is 35.5. The van der Waals surface area contributed by atoms with Crippen LogP contribution in [0.1, 0.15) is 25.8 Å². The maximum absolute atomic E-state index is 12.6. The maximum Gasteiger partial charge on any atom is 0.250 e. The Kier molecular flexibility index (Phi) is 4.33. The van der Waals surface area contributed by atoms with Crippen molar-refractivity contribution in [3.05, 3.63) is 28.8 Å². The topological polar surface area (TPSA) is 49.4 Å². The van der Waals surface area contributed by atoms with Gasteiger partial charge in [-0.2, -0.15) is 0 Å². The van der Waals surface area contributed by atoms with E-state index in [-0.39, 0.29) is 24.3 Å². The van der Waals surface area contributed by atoms with E-state index in [4.69, 9.17) is 11.6 Å². The van der Waals surface area contributed by atoms with Crippen LogP contribution in [0.25, 0.3) is 0 Å². The molecule has 1 aliphatic heterocycles. The molecule has 2 unspecified atom stereocenters. The third-order valence-electron chi connectivity index (χ3n) is 3.76. The van der Waals surface area contributed by atoms with Crippen LogP contribution in [0, 0.1) is 12.8 Å². The number of nitrogens with one attached hydrogen (secondary N) is 1. The van der Waals surface area contributed by atoms with E-state index < -0.39 is 6.04 Å². The van der Waals surface area contributed by atoms with E-state index in [0.29, 0.717) is 10.7 Å². The van der Waals surface area contributed by atoms with Gasteiger partial charge in [0.05, 0.1) is 10.7 Å². The summed E-state index contributed by atoms with van der Waals surface area (Å²) in [6, 6.07) is 5.00. The highest BCUT2D eigenvalue weighted by molar-refractivity contribution is 6.34. The van der Waals surface area contributed by atoms with Gasteiger partial charge < -0.3 is 5.32 Å². The summed E-state index contributed by atoms with van der Waals surface area (Å²) in [6.07, 6.45) is 0.825. The molecule has 0 aliphatic carbocycles. The number of aryl methyl sites for hydroxylation is 1. The summed E-state index contributed by atoms with van der Waals surface area (Å²) in [5.41, 5.74) is 1.61. The minimum atomic E-state index is -0.474. The summed E-state index contributed by atoms with van der Waals surface area (Å²) in [6.45, 7) is 5.92. The zero-order valence-corrected chi connectivity index (χ0v) is 12.7. The minimum absolute atomic E-state index is 0.0228. The standard InChI is InChI=1S/C15H19ClN2O2/c1-4-10(3)14-15(20)18(8-13(19)17-14)12-7-9(2)5-6-11(12)16/h5-7,10,14H,4,8H2,1-3H3,(H,17,19). The first kappa shape index (κ1) is 14.9. The van der Waals surface area contributed by atoms with E-state index in [1.54, 1.807) is 6.07 Å². The Bertz CT molecular complexity index is 545. The van der Waals surface area contributed by atoms with Crippen molar-refractivity contribution in [2.75, 3.05) is 11.4 Å². The second-order valence-electron chi connectivity index (χ2n) is 5.31. The summed E-state index contributed by atoms with van der Waals surface area (Å²) in [7, 11) is 0. The lowest BCUT2D eigenvalue weighted by molar-refractivity contribution is -0.132. The average Bonchev–Trinajstić information content (AvgIpc) is 2.43. The van der Waals surface area contributed by atoms with Crippen molar-refractivity contribution in [1.29, 1.82) is 0 Å². The lowest BCUT2D eigenvalue weighted by atomic mass is 9.96. The molecule has 4 nitrogen and oxygen atoms in total. The van der Waals surface area contributed by atoms with Gasteiger partial charge in [0.15, 0.2) is 0 Å². The fourth-order valence-corrected chi connectivity index (χ4v) is 2.54. The van der Waals surface area contributed by atoms with Crippen LogP contribution in [-0.4, -0.2) is 24.4 Å². The van der Waals surface area contributed by atoms with Crippen molar-refractivity contribution in [2.24, 2.45) is 5.92 Å². The van der Waals surface area contributed by atoms with E-state index >= 15 is 0 Å². The smallest absolute Gasteiger partial charge is 0.250 e. The van der Waals surface area contributed by atoms with Crippen LogP contribution < -0.4 is 10.2 Å². The van der Waals surface area contributed by atoms with E-state index in [1.165, 1.54) is 4.90 Å². The van der Waals surface area contributed by atoms with Gasteiger partial charge in [0, 0.05) is 0 Å². The van der Waals surface area contributed by atoms with Crippen molar-refractivity contribution in [3.63, 3.8) is 0 Å². The molecule has 2 rings (SSSR count). The zero-order chi connectivity index (χ0) is 14.9. The summed E-state index contributed by atoms with van der Waals surface area (Å²) < 4.78 is 0. The molecule has 0 spiro atoms. The molecule has 2 atom stereocenters. The Morgan fingerprint density at radius 2 is 2.15 bits per heavy atom. The lowest BCUT2D eigenvalue weighted by Crippen LogP contribution is -2.60. The van der Waals surface area contributed by atoms with Crippen molar-refractivity contribution in [3.8, 4) is 0 Å². The molecule has 1 fully saturated rings. The molecular weight excluding hydrogens is 276 g/mol. The first-order chi connectivity index (χ1) is 9.43. The molecule has 0 aromatic heterocycles. The molecule has 1 heterocycles. The molecule has 2 amide bonds. The van der Waals surface area contributed by atoms with Crippen molar-refractivity contribution in [2.45, 2.75) is 33.2 Å². The number of carbonyl (C=O) groups excluding carboxylic acids is 2. The molecule has 20 heavy (non-hydrogen) atoms. The second kappa shape index (κ2) is 5.83. The monoisotopic (exact) mass is 294 g/mol. The quantitative estimate of drug-likeness (QED) is 0.931. The maximum atomic E-state index is 12.6. The summed E-state index contributed by atoms with van der Waals surface area (Å²) in [5.74, 6) is -0.142. The number of piperazine rings is 1. The number of benzene rings is 1. The lowest BCUT2D eigenvalue weighted by Gasteiger charge is -2.35. The van der Waals surface area contributed by atoms with Crippen LogP contribution in [0.5, 0.6) is 0 Å². The minimum Gasteiger partial charge on any atom is -0.342 e. The van der Waals surface area contributed by atoms with Crippen LogP contribution in [0.15, 0.2) is 18.2 Å². The summed E-state index contributed by atoms with van der Waals surface area (Å²) in [4.78, 5) is 26.0. The fraction of sp³-hybridized carbons (Fsp3) is 0.467. The third kappa shape index (κ3) is 2.80. The van der Waals surface area contributed by atoms with E-state index in [9.17, 15) is 9.59 Å². The highest BCUT2D eigenvalue weighted by Crippen LogP contribution is 2.29. The molecule has 1 aliphatic rings. The van der Waals surface area contributed by atoms with Crippen LogP contribution in [0.4, 0.5) is 5.69 Å². The number of nitrogens with zero attached hydrogens (tertiary/aromatic N) is 1. The fourth-order valence-electron chi connectivity index (χ4n) is 2.33. The van der Waals surface area contributed by atoms with Crippen LogP contribution in [0.2, 0.25) is 5.02 Å². The largest absolute Gasteiger partial charge is 0.342 e. The van der Waals surface area contributed by atoms with E-state index in [0.717, 1.165) is 12.0 Å². The molecule has 0 saturated carbocycles. The Morgan fingerprint density at radius 1 is 1.45 bits per heavy atom. The number of anilines is 1. The number of amides is 2. The van der Waals surface area contributed by atoms with Gasteiger partial charge in [-0.15, -0.1) is 0 Å². The van der Waals surface area contributed by atoms with Crippen LogP contribution in [-0.2, 0) is 9.59 Å². The molecule has 1 aromatic rings. The third-order valence-corrected chi connectivity index (χ3v) is 4.08. The molecule has 108 valence electrons. The Labute approximate surface area is 124 Å². The Hall–Kier alpha value is -1.55. The summed E-state index contributed by atoms with van der Waals surface area (Å²) in [5, 5.41) is 3.26. The molecule has 1 aromatic carbocycles. The predicted octanol–water partition coefficient (Wildman–Crippen LogP) is 2.53. The van der Waals surface area contributed by atoms with Gasteiger partial charge in [0.2, 0.25) is 11.8 Å². The average molecular weight is 295 g/mol. The SMILES string of the molecule is CCC(C)C1NC(=O)CN(c2cc(C)ccc2Cl)C1=O. The van der Waals surface area contributed by atoms with Crippen LogP contribution >= 0.6 is 11.6 Å². The predicted molar refractivity (Wildman–Crippen MR) is 79.9 cm³/mol. The summed E-state index contributed by atoms with van der Waals surface area (Å²) >= 11 is 6.18. The van der Waals surface area contributed by atoms with Gasteiger partial charge >= 0.3 is 0 Å². The number of halogens is 1. The Balaban J connectivity index is 2.37. The van der Waals surface area contributed by atoms with Gasteiger partial charge in [0.25, 0.3) is 0 Å². The molecule has 5 heteroatoms. The number of rotatable bonds is 3. The molecule has 1 N–H and O–H groups in total. The van der Waals surface area contributed by atoms with Crippen molar-refractivity contribution < 1.29 is 9.59 Å². The Morgan fingerprint density at radius 3 is 2.80 bits per heavy atom. The number of carbonyl (C=O) groups is 2. The molecule has 1 saturated heterocycles. The normalized spacial score (nSPS) is 20.8. The second-order valence-corrected chi connectivity index (χ2v) is 5.72. The van der Waals surface area contributed by atoms with Gasteiger partial charge in [-0.3, -0.25) is 14.5 Å². The van der Waals surface area contributed by atoms with Gasteiger partial charge in [-0.05, 0) is 30.5 Å². The van der Waals surface area contributed by atoms with Crippen molar-refractivity contribution in [1.82, 2.24) is 5.32 Å². The van der Waals surface area contributed by atoms with Gasteiger partial charge in [-0.1, -0.05) is 37.9 Å². The first-order valence-corrected chi connectivity index (χ1v) is 7.18. The van der Waals surface area contributed by atoms with Gasteiger partial charge in [0.1, 0.15) is 12.6 Å². The molecule has 0 bridgehead atoms. The molecule has 0 radical (unpaired) electrons. The van der Waals surface area contributed by atoms with E-state index in [1.807, 2.05) is 32.9 Å². The van der Waals surface area contributed by atoms with E-state index in [2.05, 4.69) is 5.32 Å². The number of hydrogen-bond acceptors (Lipinski definition) is 2. The molecular formula is C15H19ClN2O2. The van der Waals surface area contributed by atoms with Crippen LogP contribution in [0.3, 0.4) is 0 Å².